The quantitative estimate of drug-likeness (QED) is 0.865. The molecule has 2 heterocycles. The van der Waals surface area contributed by atoms with Gasteiger partial charge in [-0.05, 0) is 31.0 Å². The van der Waals surface area contributed by atoms with E-state index in [1.54, 1.807) is 6.07 Å². The first-order valence-electron chi connectivity index (χ1n) is 6.26. The summed E-state index contributed by atoms with van der Waals surface area (Å²) in [4.78, 5) is 19.0. The van der Waals surface area contributed by atoms with Crippen molar-refractivity contribution in [3.8, 4) is 0 Å². The Morgan fingerprint density at radius 2 is 2.42 bits per heavy atom. The minimum Gasteiger partial charge on any atom is -0.379 e. The molecule has 1 amide bonds. The van der Waals surface area contributed by atoms with E-state index in [4.69, 9.17) is 4.74 Å². The minimum absolute atomic E-state index is 0.0196. The molecule has 0 saturated carbocycles. The molecule has 1 atom stereocenters. The number of halogens is 1. The summed E-state index contributed by atoms with van der Waals surface area (Å²) in [5.74, 6) is -0.443. The maximum absolute atomic E-state index is 13.1. The van der Waals surface area contributed by atoms with Crippen molar-refractivity contribution in [2.45, 2.75) is 18.9 Å². The van der Waals surface area contributed by atoms with Crippen LogP contribution in [-0.4, -0.2) is 35.1 Å². The van der Waals surface area contributed by atoms with Crippen molar-refractivity contribution in [1.82, 2.24) is 15.3 Å². The number of nitrogens with zero attached hydrogens (tertiary/aromatic N) is 1. The fraction of sp³-hybridized carbons (Fsp3) is 0.385. The lowest BCUT2D eigenvalue weighted by Crippen LogP contribution is -2.41. The third kappa shape index (κ3) is 2.58. The lowest BCUT2D eigenvalue weighted by atomic mass is 10.1. The lowest BCUT2D eigenvalue weighted by Gasteiger charge is -2.22. The molecule has 3 rings (SSSR count). The van der Waals surface area contributed by atoms with Crippen LogP contribution in [0.2, 0.25) is 0 Å². The number of hydrogen-bond acceptors (Lipinski definition) is 3. The standard InChI is InChI=1S/C13H14FN3O2/c14-8-3-4-10-11(6-8)17-12(16-10)13(18)15-9-2-1-5-19-7-9/h3-4,6,9H,1-2,5,7H2,(H,15,18)(H,16,17). The molecule has 0 aliphatic carbocycles. The Morgan fingerprint density at radius 3 is 3.21 bits per heavy atom. The maximum Gasteiger partial charge on any atom is 0.287 e. The third-order valence-electron chi connectivity index (χ3n) is 3.15. The van der Waals surface area contributed by atoms with Crippen molar-refractivity contribution < 1.29 is 13.9 Å². The highest BCUT2D eigenvalue weighted by atomic mass is 19.1. The zero-order chi connectivity index (χ0) is 13.2. The topological polar surface area (TPSA) is 67.0 Å². The number of aromatic amines is 1. The predicted molar refractivity (Wildman–Crippen MR) is 67.4 cm³/mol. The second kappa shape index (κ2) is 4.97. The van der Waals surface area contributed by atoms with Gasteiger partial charge in [-0.3, -0.25) is 4.79 Å². The molecule has 1 saturated heterocycles. The van der Waals surface area contributed by atoms with E-state index in [0.29, 0.717) is 17.6 Å². The molecular formula is C13H14FN3O2. The SMILES string of the molecule is O=C(NC1CCCOC1)c1nc2ccc(F)cc2[nH]1. The molecule has 0 spiro atoms. The van der Waals surface area contributed by atoms with Gasteiger partial charge in [-0.15, -0.1) is 0 Å². The molecule has 1 aliphatic heterocycles. The Hall–Kier alpha value is -1.95. The summed E-state index contributed by atoms with van der Waals surface area (Å²) in [6.45, 7) is 1.27. The Labute approximate surface area is 109 Å². The summed E-state index contributed by atoms with van der Waals surface area (Å²) in [5, 5.41) is 2.86. The second-order valence-electron chi connectivity index (χ2n) is 4.63. The summed E-state index contributed by atoms with van der Waals surface area (Å²) < 4.78 is 18.4. The summed E-state index contributed by atoms with van der Waals surface area (Å²) >= 11 is 0. The monoisotopic (exact) mass is 263 g/mol. The van der Waals surface area contributed by atoms with Gasteiger partial charge < -0.3 is 15.0 Å². The fourth-order valence-electron chi connectivity index (χ4n) is 2.20. The Balaban J connectivity index is 1.77. The van der Waals surface area contributed by atoms with Crippen LogP contribution in [0.3, 0.4) is 0 Å². The molecule has 1 aromatic heterocycles. The van der Waals surface area contributed by atoms with Gasteiger partial charge in [-0.1, -0.05) is 0 Å². The van der Waals surface area contributed by atoms with Crippen molar-refractivity contribution in [1.29, 1.82) is 0 Å². The van der Waals surface area contributed by atoms with Gasteiger partial charge in [0, 0.05) is 6.61 Å². The molecule has 19 heavy (non-hydrogen) atoms. The Kier molecular flexibility index (Phi) is 3.16. The number of nitrogens with one attached hydrogen (secondary N) is 2. The largest absolute Gasteiger partial charge is 0.379 e. The number of carbonyl (C=O) groups is 1. The number of ether oxygens (including phenoxy) is 1. The molecule has 0 radical (unpaired) electrons. The van der Waals surface area contributed by atoms with Crippen LogP contribution >= 0.6 is 0 Å². The molecule has 1 unspecified atom stereocenters. The van der Waals surface area contributed by atoms with Gasteiger partial charge in [-0.2, -0.15) is 0 Å². The van der Waals surface area contributed by atoms with E-state index < -0.39 is 0 Å². The van der Waals surface area contributed by atoms with E-state index in [1.165, 1.54) is 12.1 Å². The highest BCUT2D eigenvalue weighted by Crippen LogP contribution is 2.13. The Morgan fingerprint density at radius 1 is 1.53 bits per heavy atom. The van der Waals surface area contributed by atoms with Crippen LogP contribution in [0.4, 0.5) is 4.39 Å². The number of amides is 1. The van der Waals surface area contributed by atoms with Crippen molar-refractivity contribution in [3.05, 3.63) is 29.8 Å². The number of carbonyl (C=O) groups excluding carboxylic acids is 1. The molecule has 2 N–H and O–H groups in total. The van der Waals surface area contributed by atoms with E-state index in [9.17, 15) is 9.18 Å². The van der Waals surface area contributed by atoms with Crippen LogP contribution in [0.25, 0.3) is 11.0 Å². The zero-order valence-corrected chi connectivity index (χ0v) is 10.3. The minimum atomic E-state index is -0.358. The van der Waals surface area contributed by atoms with Gasteiger partial charge in [0.2, 0.25) is 0 Å². The smallest absolute Gasteiger partial charge is 0.287 e. The van der Waals surface area contributed by atoms with E-state index in [0.717, 1.165) is 19.4 Å². The van der Waals surface area contributed by atoms with Gasteiger partial charge in [0.05, 0.1) is 23.7 Å². The molecule has 100 valence electrons. The number of fused-ring (bicyclic) bond motifs is 1. The highest BCUT2D eigenvalue weighted by molar-refractivity contribution is 5.94. The average Bonchev–Trinajstić information content (AvgIpc) is 2.83. The van der Waals surface area contributed by atoms with Crippen molar-refractivity contribution in [2.24, 2.45) is 0 Å². The summed E-state index contributed by atoms with van der Waals surface area (Å²) in [6, 6.07) is 4.20. The normalized spacial score (nSPS) is 19.5. The maximum atomic E-state index is 13.1. The van der Waals surface area contributed by atoms with Crippen LogP contribution in [0.1, 0.15) is 23.5 Å². The lowest BCUT2D eigenvalue weighted by molar-refractivity contribution is 0.0620. The van der Waals surface area contributed by atoms with Crippen molar-refractivity contribution in [3.63, 3.8) is 0 Å². The van der Waals surface area contributed by atoms with Crippen LogP contribution in [0.15, 0.2) is 18.2 Å². The summed E-state index contributed by atoms with van der Waals surface area (Å²) in [7, 11) is 0. The molecule has 5 nitrogen and oxygen atoms in total. The van der Waals surface area contributed by atoms with E-state index in [2.05, 4.69) is 15.3 Å². The number of aromatic nitrogens is 2. The van der Waals surface area contributed by atoms with Gasteiger partial charge in [0.25, 0.3) is 5.91 Å². The van der Waals surface area contributed by atoms with Crippen LogP contribution in [0, 0.1) is 5.82 Å². The number of H-pyrrole nitrogens is 1. The number of hydrogen-bond donors (Lipinski definition) is 2. The first-order valence-corrected chi connectivity index (χ1v) is 6.26. The van der Waals surface area contributed by atoms with E-state index in [1.807, 2.05) is 0 Å². The van der Waals surface area contributed by atoms with Crippen molar-refractivity contribution in [2.75, 3.05) is 13.2 Å². The molecule has 6 heteroatoms. The predicted octanol–water partition coefficient (Wildman–Crippen LogP) is 1.61. The van der Waals surface area contributed by atoms with Gasteiger partial charge in [0.15, 0.2) is 5.82 Å². The second-order valence-corrected chi connectivity index (χ2v) is 4.63. The molecule has 0 bridgehead atoms. The molecule has 1 aromatic carbocycles. The third-order valence-corrected chi connectivity index (χ3v) is 3.15. The molecule has 2 aromatic rings. The molecular weight excluding hydrogens is 249 g/mol. The average molecular weight is 263 g/mol. The first-order chi connectivity index (χ1) is 9.22. The summed E-state index contributed by atoms with van der Waals surface area (Å²) in [6.07, 6.45) is 1.84. The molecule has 1 fully saturated rings. The van der Waals surface area contributed by atoms with Gasteiger partial charge >= 0.3 is 0 Å². The number of rotatable bonds is 2. The molecule has 1 aliphatic rings. The Bertz CT molecular complexity index is 605. The van der Waals surface area contributed by atoms with Gasteiger partial charge in [-0.25, -0.2) is 9.37 Å². The van der Waals surface area contributed by atoms with Crippen LogP contribution in [-0.2, 0) is 4.74 Å². The van der Waals surface area contributed by atoms with Crippen LogP contribution in [0.5, 0.6) is 0 Å². The summed E-state index contributed by atoms with van der Waals surface area (Å²) in [5.41, 5.74) is 1.09. The van der Waals surface area contributed by atoms with E-state index >= 15 is 0 Å². The number of imidazole rings is 1. The first kappa shape index (κ1) is 12.1. The van der Waals surface area contributed by atoms with Crippen LogP contribution < -0.4 is 5.32 Å². The van der Waals surface area contributed by atoms with E-state index in [-0.39, 0.29) is 23.6 Å². The number of benzene rings is 1. The zero-order valence-electron chi connectivity index (χ0n) is 10.3. The van der Waals surface area contributed by atoms with Gasteiger partial charge in [0.1, 0.15) is 5.82 Å². The fourth-order valence-corrected chi connectivity index (χ4v) is 2.20. The highest BCUT2D eigenvalue weighted by Gasteiger charge is 2.19. The van der Waals surface area contributed by atoms with Crippen molar-refractivity contribution >= 4 is 16.9 Å².